The zero-order valence-electron chi connectivity index (χ0n) is 7.26. The predicted octanol–water partition coefficient (Wildman–Crippen LogP) is -0.903. The Bertz CT molecular complexity index is 203. The summed E-state index contributed by atoms with van der Waals surface area (Å²) in [6.07, 6.45) is 0. The van der Waals surface area contributed by atoms with Crippen LogP contribution >= 0.6 is 0 Å². The van der Waals surface area contributed by atoms with Gasteiger partial charge in [0.25, 0.3) is 5.91 Å². The molecule has 12 heavy (non-hydrogen) atoms. The zero-order valence-corrected chi connectivity index (χ0v) is 7.26. The van der Waals surface area contributed by atoms with Gasteiger partial charge in [0.15, 0.2) is 5.96 Å². The summed E-state index contributed by atoms with van der Waals surface area (Å²) in [4.78, 5) is 15.1. The first-order valence-electron chi connectivity index (χ1n) is 3.88. The Morgan fingerprint density at radius 2 is 2.42 bits per heavy atom. The van der Waals surface area contributed by atoms with Gasteiger partial charge >= 0.3 is 0 Å². The number of nitrogens with zero attached hydrogens (tertiary/aromatic N) is 1. The maximum Gasteiger partial charge on any atom is 0.251 e. The van der Waals surface area contributed by atoms with Crippen LogP contribution in [0.5, 0.6) is 0 Å². The van der Waals surface area contributed by atoms with E-state index in [9.17, 15) is 4.79 Å². The molecule has 1 saturated heterocycles. The van der Waals surface area contributed by atoms with E-state index in [1.54, 1.807) is 7.11 Å². The number of guanidine groups is 1. The number of amides is 1. The number of hydrogen-bond acceptors (Lipinski definition) is 3. The quantitative estimate of drug-likeness (QED) is 0.578. The van der Waals surface area contributed by atoms with Crippen LogP contribution in [0.1, 0.15) is 6.92 Å². The van der Waals surface area contributed by atoms with Gasteiger partial charge in [-0.15, -0.1) is 0 Å². The van der Waals surface area contributed by atoms with Gasteiger partial charge in [0.1, 0.15) is 6.04 Å². The van der Waals surface area contributed by atoms with E-state index >= 15 is 0 Å². The Morgan fingerprint density at radius 1 is 1.67 bits per heavy atom. The van der Waals surface area contributed by atoms with Crippen molar-refractivity contribution in [3.63, 3.8) is 0 Å². The van der Waals surface area contributed by atoms with Gasteiger partial charge in [0, 0.05) is 13.7 Å². The van der Waals surface area contributed by atoms with Crippen molar-refractivity contribution >= 4 is 11.9 Å². The lowest BCUT2D eigenvalue weighted by molar-refractivity contribution is -0.121. The van der Waals surface area contributed by atoms with E-state index in [-0.39, 0.29) is 11.9 Å². The number of ether oxygens (including phenoxy) is 1. The van der Waals surface area contributed by atoms with E-state index in [1.165, 1.54) is 0 Å². The maximum atomic E-state index is 11.1. The lowest BCUT2D eigenvalue weighted by atomic mass is 10.3. The van der Waals surface area contributed by atoms with E-state index in [0.29, 0.717) is 19.1 Å². The largest absolute Gasteiger partial charge is 0.382 e. The molecule has 1 aliphatic heterocycles. The number of aliphatic imine (C=N–C) groups is 1. The number of rotatable bonds is 3. The second kappa shape index (κ2) is 4.06. The Balaban J connectivity index is 2.50. The summed E-state index contributed by atoms with van der Waals surface area (Å²) < 4.78 is 4.84. The normalized spacial score (nSPS) is 25.7. The zero-order chi connectivity index (χ0) is 8.97. The Morgan fingerprint density at radius 3 is 3.00 bits per heavy atom. The van der Waals surface area contributed by atoms with Crippen molar-refractivity contribution in [3.05, 3.63) is 0 Å². The van der Waals surface area contributed by atoms with Crippen LogP contribution in [-0.2, 0) is 9.53 Å². The Kier molecular flexibility index (Phi) is 3.04. The number of carbonyl (C=O) groups is 1. The summed E-state index contributed by atoms with van der Waals surface area (Å²) in [5.74, 6) is 0.466. The van der Waals surface area contributed by atoms with Gasteiger partial charge in [-0.05, 0) is 6.92 Å². The molecule has 68 valence electrons. The molecule has 1 aliphatic rings. The first-order valence-corrected chi connectivity index (χ1v) is 3.88. The molecular formula is C7H13N3O2. The van der Waals surface area contributed by atoms with E-state index < -0.39 is 0 Å². The number of nitrogens with one attached hydrogen (secondary N) is 2. The van der Waals surface area contributed by atoms with Crippen molar-refractivity contribution in [1.29, 1.82) is 0 Å². The van der Waals surface area contributed by atoms with Gasteiger partial charge in [0.05, 0.1) is 6.61 Å². The van der Waals surface area contributed by atoms with Crippen LogP contribution < -0.4 is 10.6 Å². The topological polar surface area (TPSA) is 62.7 Å². The second-order valence-corrected chi connectivity index (χ2v) is 2.46. The lowest BCUT2D eigenvalue weighted by Gasteiger charge is -2.04. The van der Waals surface area contributed by atoms with Crippen molar-refractivity contribution in [2.75, 3.05) is 20.3 Å². The summed E-state index contributed by atoms with van der Waals surface area (Å²) >= 11 is 0. The number of methoxy groups -OCH3 is 1. The lowest BCUT2D eigenvalue weighted by Crippen LogP contribution is -2.33. The van der Waals surface area contributed by atoms with Crippen molar-refractivity contribution in [3.8, 4) is 0 Å². The van der Waals surface area contributed by atoms with E-state index in [2.05, 4.69) is 15.6 Å². The molecule has 0 aromatic carbocycles. The fourth-order valence-electron chi connectivity index (χ4n) is 0.998. The van der Waals surface area contributed by atoms with E-state index in [1.807, 2.05) is 6.92 Å². The molecule has 2 N–H and O–H groups in total. The molecule has 5 nitrogen and oxygen atoms in total. The minimum Gasteiger partial charge on any atom is -0.382 e. The summed E-state index contributed by atoms with van der Waals surface area (Å²) in [6, 6.07) is -0.291. The van der Waals surface area contributed by atoms with Crippen LogP contribution in [0.4, 0.5) is 0 Å². The van der Waals surface area contributed by atoms with Crippen LogP contribution in [-0.4, -0.2) is 38.2 Å². The fourth-order valence-corrected chi connectivity index (χ4v) is 0.998. The molecule has 0 aromatic heterocycles. The molecule has 1 heterocycles. The summed E-state index contributed by atoms with van der Waals surface area (Å²) in [6.45, 7) is 2.93. The molecule has 1 amide bonds. The third-order valence-electron chi connectivity index (χ3n) is 1.52. The second-order valence-electron chi connectivity index (χ2n) is 2.46. The average Bonchev–Trinajstić information content (AvgIpc) is 2.34. The highest BCUT2D eigenvalue weighted by Crippen LogP contribution is 1.93. The molecule has 0 bridgehead atoms. The van der Waals surface area contributed by atoms with Crippen LogP contribution in [0.3, 0.4) is 0 Å². The van der Waals surface area contributed by atoms with Gasteiger partial charge in [-0.25, -0.2) is 0 Å². The van der Waals surface area contributed by atoms with Crippen LogP contribution in [0.2, 0.25) is 0 Å². The van der Waals surface area contributed by atoms with Gasteiger partial charge in [-0.1, -0.05) is 0 Å². The Hall–Kier alpha value is -1.10. The first-order chi connectivity index (χ1) is 5.77. The summed E-state index contributed by atoms with van der Waals surface area (Å²) in [5.41, 5.74) is 0. The summed E-state index contributed by atoms with van der Waals surface area (Å²) in [7, 11) is 1.56. The molecule has 0 radical (unpaired) electrons. The number of carbonyl (C=O) groups excluding carboxylic acids is 1. The minimum absolute atomic E-state index is 0.0796. The molecule has 0 aliphatic carbocycles. The fraction of sp³-hybridized carbons (Fsp3) is 0.714. The van der Waals surface area contributed by atoms with Gasteiger partial charge in [-0.3, -0.25) is 15.1 Å². The van der Waals surface area contributed by atoms with Crippen molar-refractivity contribution in [2.24, 2.45) is 4.99 Å². The SMILES string of the molecule is CCN=C1NC(=O)C(COC)N1. The van der Waals surface area contributed by atoms with Crippen LogP contribution in [0, 0.1) is 0 Å². The standard InChI is InChI=1S/C7H13N3O2/c1-3-8-7-9-5(4-12-2)6(11)10-7/h5H,3-4H2,1-2H3,(H2,8,9,10,11). The first kappa shape index (κ1) is 8.99. The third kappa shape index (κ3) is 1.94. The molecule has 0 spiro atoms. The molecule has 1 fully saturated rings. The van der Waals surface area contributed by atoms with Crippen molar-refractivity contribution in [2.45, 2.75) is 13.0 Å². The van der Waals surface area contributed by atoms with Crippen molar-refractivity contribution in [1.82, 2.24) is 10.6 Å². The molecule has 1 rings (SSSR count). The molecule has 1 unspecified atom stereocenters. The smallest absolute Gasteiger partial charge is 0.251 e. The van der Waals surface area contributed by atoms with Gasteiger partial charge < -0.3 is 10.1 Å². The highest BCUT2D eigenvalue weighted by atomic mass is 16.5. The monoisotopic (exact) mass is 171 g/mol. The highest BCUT2D eigenvalue weighted by Gasteiger charge is 2.27. The maximum absolute atomic E-state index is 11.1. The van der Waals surface area contributed by atoms with Gasteiger partial charge in [0.2, 0.25) is 0 Å². The molecule has 0 saturated carbocycles. The van der Waals surface area contributed by atoms with E-state index in [4.69, 9.17) is 4.74 Å². The minimum atomic E-state index is -0.291. The molecular weight excluding hydrogens is 158 g/mol. The number of hydrogen-bond donors (Lipinski definition) is 2. The molecule has 1 atom stereocenters. The molecule has 5 heteroatoms. The van der Waals surface area contributed by atoms with Crippen LogP contribution in [0.25, 0.3) is 0 Å². The average molecular weight is 171 g/mol. The summed E-state index contributed by atoms with van der Waals surface area (Å²) in [5, 5.41) is 5.52. The highest BCUT2D eigenvalue weighted by molar-refractivity contribution is 6.06. The van der Waals surface area contributed by atoms with Crippen LogP contribution in [0.15, 0.2) is 4.99 Å². The molecule has 0 aromatic rings. The van der Waals surface area contributed by atoms with E-state index in [0.717, 1.165) is 0 Å². The Labute approximate surface area is 71.2 Å². The predicted molar refractivity (Wildman–Crippen MR) is 44.9 cm³/mol. The third-order valence-corrected chi connectivity index (χ3v) is 1.52. The van der Waals surface area contributed by atoms with Crippen molar-refractivity contribution < 1.29 is 9.53 Å². The van der Waals surface area contributed by atoms with Gasteiger partial charge in [-0.2, -0.15) is 0 Å².